The Morgan fingerprint density at radius 3 is 2.22 bits per heavy atom. The van der Waals surface area contributed by atoms with Gasteiger partial charge in [-0.25, -0.2) is 8.42 Å². The lowest BCUT2D eigenvalue weighted by Crippen LogP contribution is -2.39. The standard InChI is InChI=1S/C21H28N2O3S/c1-6-20(18-10-7-15(2)8-11-18)22-21(24)14-23(5)27(25,26)19-12-9-16(3)17(4)13-19/h7-13,20H,6,14H2,1-5H3,(H,22,24). The predicted octanol–water partition coefficient (Wildman–Crippen LogP) is 3.50. The Morgan fingerprint density at radius 2 is 1.67 bits per heavy atom. The molecule has 1 amide bonds. The van der Waals surface area contributed by atoms with Crippen LogP contribution in [0.3, 0.4) is 0 Å². The van der Waals surface area contributed by atoms with Crippen molar-refractivity contribution in [2.75, 3.05) is 13.6 Å². The minimum absolute atomic E-state index is 0.143. The van der Waals surface area contributed by atoms with Crippen molar-refractivity contribution in [3.63, 3.8) is 0 Å². The van der Waals surface area contributed by atoms with Crippen LogP contribution in [0, 0.1) is 20.8 Å². The molecule has 0 fully saturated rings. The van der Waals surface area contributed by atoms with Gasteiger partial charge in [-0.1, -0.05) is 42.8 Å². The summed E-state index contributed by atoms with van der Waals surface area (Å²) in [7, 11) is -2.29. The predicted molar refractivity (Wildman–Crippen MR) is 108 cm³/mol. The van der Waals surface area contributed by atoms with Gasteiger partial charge >= 0.3 is 0 Å². The van der Waals surface area contributed by atoms with Gasteiger partial charge in [0.05, 0.1) is 17.5 Å². The molecule has 5 nitrogen and oxygen atoms in total. The quantitative estimate of drug-likeness (QED) is 0.789. The number of likely N-dealkylation sites (N-methyl/N-ethyl adjacent to an activating group) is 1. The Balaban J connectivity index is 2.09. The Morgan fingerprint density at radius 1 is 1.04 bits per heavy atom. The van der Waals surface area contributed by atoms with Crippen LogP contribution in [0.4, 0.5) is 0 Å². The van der Waals surface area contributed by atoms with Crippen molar-refractivity contribution in [2.45, 2.75) is 45.1 Å². The molecule has 0 aliphatic carbocycles. The molecule has 27 heavy (non-hydrogen) atoms. The molecular weight excluding hydrogens is 360 g/mol. The fourth-order valence-electron chi connectivity index (χ4n) is 2.80. The van der Waals surface area contributed by atoms with E-state index in [-0.39, 0.29) is 23.4 Å². The molecule has 0 saturated heterocycles. The van der Waals surface area contributed by atoms with Crippen molar-refractivity contribution in [3.8, 4) is 0 Å². The second kappa shape index (κ2) is 8.67. The number of sulfonamides is 1. The van der Waals surface area contributed by atoms with E-state index in [9.17, 15) is 13.2 Å². The molecule has 146 valence electrons. The van der Waals surface area contributed by atoms with Gasteiger partial charge in [0.1, 0.15) is 0 Å². The number of nitrogens with zero attached hydrogens (tertiary/aromatic N) is 1. The lowest BCUT2D eigenvalue weighted by atomic mass is 10.0. The third-order valence-corrected chi connectivity index (χ3v) is 6.58. The molecule has 0 saturated carbocycles. The van der Waals surface area contributed by atoms with Gasteiger partial charge in [-0.15, -0.1) is 0 Å². The highest BCUT2D eigenvalue weighted by atomic mass is 32.2. The fraction of sp³-hybridized carbons (Fsp3) is 0.381. The molecule has 0 aromatic heterocycles. The topological polar surface area (TPSA) is 66.5 Å². The molecule has 0 radical (unpaired) electrons. The molecule has 0 heterocycles. The molecule has 1 atom stereocenters. The van der Waals surface area contributed by atoms with Crippen molar-refractivity contribution < 1.29 is 13.2 Å². The van der Waals surface area contributed by atoms with E-state index in [4.69, 9.17) is 0 Å². The first-order valence-corrected chi connectivity index (χ1v) is 10.5. The zero-order chi connectivity index (χ0) is 20.2. The largest absolute Gasteiger partial charge is 0.348 e. The summed E-state index contributed by atoms with van der Waals surface area (Å²) < 4.78 is 26.6. The summed E-state index contributed by atoms with van der Waals surface area (Å²) in [6.07, 6.45) is 0.725. The normalized spacial score (nSPS) is 12.8. The number of amides is 1. The summed E-state index contributed by atoms with van der Waals surface area (Å²) in [6, 6.07) is 12.8. The number of hydrogen-bond donors (Lipinski definition) is 1. The fourth-order valence-corrected chi connectivity index (χ4v) is 4.01. The minimum atomic E-state index is -3.71. The van der Waals surface area contributed by atoms with Gasteiger partial charge in [0.25, 0.3) is 0 Å². The van der Waals surface area contributed by atoms with Crippen LogP contribution < -0.4 is 5.32 Å². The summed E-state index contributed by atoms with van der Waals surface area (Å²) in [5, 5.41) is 2.93. The molecule has 0 bridgehead atoms. The Kier molecular flexibility index (Phi) is 6.78. The molecule has 1 unspecified atom stereocenters. The highest BCUT2D eigenvalue weighted by Crippen LogP contribution is 2.19. The molecular formula is C21H28N2O3S. The van der Waals surface area contributed by atoms with Crippen LogP contribution in [-0.4, -0.2) is 32.2 Å². The summed E-state index contributed by atoms with van der Waals surface area (Å²) in [5.41, 5.74) is 4.09. The van der Waals surface area contributed by atoms with Gasteiger partial charge < -0.3 is 5.32 Å². The zero-order valence-corrected chi connectivity index (χ0v) is 17.4. The van der Waals surface area contributed by atoms with Crippen molar-refractivity contribution in [1.29, 1.82) is 0 Å². The Hall–Kier alpha value is -2.18. The number of nitrogens with one attached hydrogen (secondary N) is 1. The van der Waals surface area contributed by atoms with Gasteiger partial charge in [-0.2, -0.15) is 4.31 Å². The molecule has 0 aliphatic rings. The molecule has 6 heteroatoms. The number of aryl methyl sites for hydroxylation is 3. The van der Waals surface area contributed by atoms with Crippen molar-refractivity contribution in [3.05, 3.63) is 64.7 Å². The maximum atomic E-state index is 12.7. The van der Waals surface area contributed by atoms with Crippen LogP contribution in [0.2, 0.25) is 0 Å². The van der Waals surface area contributed by atoms with Crippen LogP contribution in [0.15, 0.2) is 47.4 Å². The highest BCUT2D eigenvalue weighted by Gasteiger charge is 2.24. The van der Waals surface area contributed by atoms with Gasteiger partial charge in [0, 0.05) is 7.05 Å². The molecule has 0 spiro atoms. The van der Waals surface area contributed by atoms with Gasteiger partial charge in [-0.3, -0.25) is 4.79 Å². The first-order chi connectivity index (χ1) is 12.6. The third-order valence-electron chi connectivity index (χ3n) is 4.78. The van der Waals surface area contributed by atoms with Crippen LogP contribution in [0.1, 0.15) is 41.6 Å². The summed E-state index contributed by atoms with van der Waals surface area (Å²) in [6.45, 7) is 7.57. The van der Waals surface area contributed by atoms with Crippen molar-refractivity contribution >= 4 is 15.9 Å². The van der Waals surface area contributed by atoms with Gasteiger partial charge in [0.2, 0.25) is 15.9 Å². The van der Waals surface area contributed by atoms with E-state index < -0.39 is 10.0 Å². The van der Waals surface area contributed by atoms with Gasteiger partial charge in [0.15, 0.2) is 0 Å². The monoisotopic (exact) mass is 388 g/mol. The van der Waals surface area contributed by atoms with E-state index in [0.29, 0.717) is 0 Å². The lowest BCUT2D eigenvalue weighted by molar-refractivity contribution is -0.121. The third kappa shape index (κ3) is 5.17. The van der Waals surface area contributed by atoms with E-state index in [1.807, 2.05) is 52.0 Å². The maximum absolute atomic E-state index is 12.7. The lowest BCUT2D eigenvalue weighted by Gasteiger charge is -2.21. The Bertz CT molecular complexity index is 906. The number of rotatable bonds is 7. The molecule has 0 aliphatic heterocycles. The molecule has 2 rings (SSSR count). The minimum Gasteiger partial charge on any atom is -0.348 e. The molecule has 1 N–H and O–H groups in total. The summed E-state index contributed by atoms with van der Waals surface area (Å²) in [5.74, 6) is -0.322. The van der Waals surface area contributed by atoms with Crippen LogP contribution >= 0.6 is 0 Å². The first kappa shape index (κ1) is 21.1. The number of benzene rings is 2. The number of carbonyl (C=O) groups excluding carboxylic acids is 1. The van der Waals surface area contributed by atoms with E-state index in [0.717, 1.165) is 33.0 Å². The number of carbonyl (C=O) groups is 1. The van der Waals surface area contributed by atoms with Crippen LogP contribution in [0.25, 0.3) is 0 Å². The number of hydrogen-bond acceptors (Lipinski definition) is 3. The average molecular weight is 389 g/mol. The highest BCUT2D eigenvalue weighted by molar-refractivity contribution is 7.89. The summed E-state index contributed by atoms with van der Waals surface area (Å²) >= 11 is 0. The van der Waals surface area contributed by atoms with E-state index >= 15 is 0 Å². The smallest absolute Gasteiger partial charge is 0.243 e. The first-order valence-electron chi connectivity index (χ1n) is 9.04. The second-order valence-corrected chi connectivity index (χ2v) is 8.99. The average Bonchev–Trinajstić information content (AvgIpc) is 2.62. The van der Waals surface area contributed by atoms with Crippen LogP contribution in [-0.2, 0) is 14.8 Å². The Labute approximate surface area is 162 Å². The maximum Gasteiger partial charge on any atom is 0.243 e. The SMILES string of the molecule is CCC(NC(=O)CN(C)S(=O)(=O)c1ccc(C)c(C)c1)c1ccc(C)cc1. The van der Waals surface area contributed by atoms with E-state index in [2.05, 4.69) is 5.32 Å². The second-order valence-electron chi connectivity index (χ2n) is 6.95. The van der Waals surface area contributed by atoms with Crippen molar-refractivity contribution in [1.82, 2.24) is 9.62 Å². The van der Waals surface area contributed by atoms with Crippen LogP contribution in [0.5, 0.6) is 0 Å². The van der Waals surface area contributed by atoms with Crippen molar-refractivity contribution in [2.24, 2.45) is 0 Å². The molecule has 2 aromatic carbocycles. The van der Waals surface area contributed by atoms with E-state index in [1.165, 1.54) is 7.05 Å². The molecule has 2 aromatic rings. The van der Waals surface area contributed by atoms with Gasteiger partial charge in [-0.05, 0) is 56.0 Å². The summed E-state index contributed by atoms with van der Waals surface area (Å²) in [4.78, 5) is 12.6. The zero-order valence-electron chi connectivity index (χ0n) is 16.6. The van der Waals surface area contributed by atoms with E-state index in [1.54, 1.807) is 18.2 Å².